The van der Waals surface area contributed by atoms with Crippen LogP contribution in [0.1, 0.15) is 26.2 Å². The quantitative estimate of drug-likeness (QED) is 0.889. The third-order valence-electron chi connectivity index (χ3n) is 3.42. The van der Waals surface area contributed by atoms with Gasteiger partial charge in [0.15, 0.2) is 0 Å². The maximum Gasteiger partial charge on any atom is 0.0638 e. The summed E-state index contributed by atoms with van der Waals surface area (Å²) in [5.41, 5.74) is 0.957. The Balaban J connectivity index is 1.89. The molecular formula is C14H20Cl2N2. The van der Waals surface area contributed by atoms with Gasteiger partial charge >= 0.3 is 0 Å². The predicted molar refractivity (Wildman–Crippen MR) is 79.8 cm³/mol. The molecule has 1 heterocycles. The first-order valence-electron chi connectivity index (χ1n) is 6.63. The standard InChI is InChI=1S/C14H20Cl2N2/c1-2-7-18-8-5-12(6-9-18)17-14-10-11(15)3-4-13(14)16/h3-4,10,12,17H,2,5-9H2,1H3. The van der Waals surface area contributed by atoms with Crippen molar-refractivity contribution in [1.82, 2.24) is 4.90 Å². The number of likely N-dealkylation sites (tertiary alicyclic amines) is 1. The molecule has 0 atom stereocenters. The normalized spacial score (nSPS) is 17.9. The van der Waals surface area contributed by atoms with Crippen LogP contribution in [-0.2, 0) is 0 Å². The van der Waals surface area contributed by atoms with Gasteiger partial charge in [0.2, 0.25) is 0 Å². The number of piperidine rings is 1. The van der Waals surface area contributed by atoms with E-state index >= 15 is 0 Å². The van der Waals surface area contributed by atoms with Gasteiger partial charge < -0.3 is 10.2 Å². The molecule has 0 saturated carbocycles. The molecule has 0 aromatic heterocycles. The Morgan fingerprint density at radius 2 is 2.00 bits per heavy atom. The first kappa shape index (κ1) is 14.0. The van der Waals surface area contributed by atoms with Crippen LogP contribution in [0.25, 0.3) is 0 Å². The van der Waals surface area contributed by atoms with Gasteiger partial charge in [-0.05, 0) is 44.0 Å². The van der Waals surface area contributed by atoms with Crippen molar-refractivity contribution in [1.29, 1.82) is 0 Å². The zero-order valence-corrected chi connectivity index (χ0v) is 12.3. The third kappa shape index (κ3) is 3.78. The highest BCUT2D eigenvalue weighted by molar-refractivity contribution is 6.35. The fourth-order valence-electron chi connectivity index (χ4n) is 2.45. The van der Waals surface area contributed by atoms with Gasteiger partial charge in [-0.2, -0.15) is 0 Å². The number of benzene rings is 1. The summed E-state index contributed by atoms with van der Waals surface area (Å²) in [4.78, 5) is 2.53. The average molecular weight is 287 g/mol. The van der Waals surface area contributed by atoms with Crippen LogP contribution in [0, 0.1) is 0 Å². The van der Waals surface area contributed by atoms with E-state index in [4.69, 9.17) is 23.2 Å². The van der Waals surface area contributed by atoms with E-state index in [1.165, 1.54) is 38.9 Å². The van der Waals surface area contributed by atoms with Crippen LogP contribution < -0.4 is 5.32 Å². The van der Waals surface area contributed by atoms with Crippen LogP contribution >= 0.6 is 23.2 Å². The molecule has 0 radical (unpaired) electrons. The Labute approximate surface area is 119 Å². The molecule has 0 amide bonds. The minimum atomic E-state index is 0.508. The molecule has 1 aromatic carbocycles. The highest BCUT2D eigenvalue weighted by Gasteiger charge is 2.18. The van der Waals surface area contributed by atoms with E-state index in [1.807, 2.05) is 18.2 Å². The molecule has 2 rings (SSSR count). The van der Waals surface area contributed by atoms with Gasteiger partial charge in [-0.25, -0.2) is 0 Å². The Kier molecular flexibility index (Phi) is 5.16. The molecule has 2 nitrogen and oxygen atoms in total. The lowest BCUT2D eigenvalue weighted by atomic mass is 10.0. The van der Waals surface area contributed by atoms with Gasteiger partial charge in [0.05, 0.1) is 10.7 Å². The van der Waals surface area contributed by atoms with E-state index in [1.54, 1.807) is 0 Å². The van der Waals surface area contributed by atoms with Crippen molar-refractivity contribution in [3.63, 3.8) is 0 Å². The molecule has 1 fully saturated rings. The summed E-state index contributed by atoms with van der Waals surface area (Å²) in [6, 6.07) is 6.08. The number of hydrogen-bond acceptors (Lipinski definition) is 2. The summed E-state index contributed by atoms with van der Waals surface area (Å²) in [5, 5.41) is 4.98. The van der Waals surface area contributed by atoms with Gasteiger partial charge in [-0.1, -0.05) is 30.1 Å². The molecule has 18 heavy (non-hydrogen) atoms. The van der Waals surface area contributed by atoms with Crippen molar-refractivity contribution in [2.24, 2.45) is 0 Å². The second-order valence-corrected chi connectivity index (χ2v) is 5.73. The fraction of sp³-hybridized carbons (Fsp3) is 0.571. The molecule has 0 bridgehead atoms. The zero-order chi connectivity index (χ0) is 13.0. The minimum Gasteiger partial charge on any atom is -0.381 e. The lowest BCUT2D eigenvalue weighted by Crippen LogP contribution is -2.39. The van der Waals surface area contributed by atoms with Crippen LogP contribution in [0.5, 0.6) is 0 Å². The minimum absolute atomic E-state index is 0.508. The lowest BCUT2D eigenvalue weighted by Gasteiger charge is -2.32. The summed E-state index contributed by atoms with van der Waals surface area (Å²) in [6.07, 6.45) is 3.57. The van der Waals surface area contributed by atoms with Crippen molar-refractivity contribution in [2.45, 2.75) is 32.2 Å². The third-order valence-corrected chi connectivity index (χ3v) is 3.98. The number of nitrogens with zero attached hydrogens (tertiary/aromatic N) is 1. The Bertz CT molecular complexity index is 387. The van der Waals surface area contributed by atoms with Gasteiger partial charge in [-0.15, -0.1) is 0 Å². The maximum absolute atomic E-state index is 6.16. The van der Waals surface area contributed by atoms with Gasteiger partial charge in [0.25, 0.3) is 0 Å². The molecule has 0 aliphatic carbocycles. The van der Waals surface area contributed by atoms with Crippen molar-refractivity contribution in [3.05, 3.63) is 28.2 Å². The molecule has 1 aromatic rings. The Morgan fingerprint density at radius 3 is 2.67 bits per heavy atom. The fourth-order valence-corrected chi connectivity index (χ4v) is 2.79. The summed E-state index contributed by atoms with van der Waals surface area (Å²) in [5.74, 6) is 0. The zero-order valence-electron chi connectivity index (χ0n) is 10.8. The van der Waals surface area contributed by atoms with E-state index in [0.29, 0.717) is 6.04 Å². The van der Waals surface area contributed by atoms with Crippen molar-refractivity contribution < 1.29 is 0 Å². The molecule has 100 valence electrons. The van der Waals surface area contributed by atoms with Crippen molar-refractivity contribution >= 4 is 28.9 Å². The molecule has 1 aliphatic heterocycles. The number of nitrogens with one attached hydrogen (secondary N) is 1. The van der Waals surface area contributed by atoms with Crippen LogP contribution in [0.4, 0.5) is 5.69 Å². The van der Waals surface area contributed by atoms with E-state index in [0.717, 1.165) is 15.7 Å². The van der Waals surface area contributed by atoms with E-state index in [2.05, 4.69) is 17.1 Å². The van der Waals surface area contributed by atoms with Crippen LogP contribution in [0.15, 0.2) is 18.2 Å². The number of anilines is 1. The van der Waals surface area contributed by atoms with Crippen LogP contribution in [0.2, 0.25) is 10.0 Å². The summed E-state index contributed by atoms with van der Waals surface area (Å²) >= 11 is 12.2. The highest BCUT2D eigenvalue weighted by Crippen LogP contribution is 2.27. The second-order valence-electron chi connectivity index (χ2n) is 4.88. The molecule has 0 spiro atoms. The summed E-state index contributed by atoms with van der Waals surface area (Å²) in [7, 11) is 0. The molecule has 1 saturated heterocycles. The van der Waals surface area contributed by atoms with E-state index in [9.17, 15) is 0 Å². The maximum atomic E-state index is 6.16. The molecular weight excluding hydrogens is 267 g/mol. The monoisotopic (exact) mass is 286 g/mol. The van der Waals surface area contributed by atoms with E-state index in [-0.39, 0.29) is 0 Å². The molecule has 4 heteroatoms. The second kappa shape index (κ2) is 6.65. The van der Waals surface area contributed by atoms with Gasteiger partial charge in [-0.3, -0.25) is 0 Å². The molecule has 0 unspecified atom stereocenters. The first-order valence-corrected chi connectivity index (χ1v) is 7.38. The Morgan fingerprint density at radius 1 is 1.28 bits per heavy atom. The summed E-state index contributed by atoms with van der Waals surface area (Å²) < 4.78 is 0. The smallest absolute Gasteiger partial charge is 0.0638 e. The number of halogens is 2. The molecule has 1 N–H and O–H groups in total. The Hall–Kier alpha value is -0.440. The predicted octanol–water partition coefficient (Wildman–Crippen LogP) is 4.28. The van der Waals surface area contributed by atoms with Gasteiger partial charge in [0, 0.05) is 24.2 Å². The largest absolute Gasteiger partial charge is 0.381 e. The highest BCUT2D eigenvalue weighted by atomic mass is 35.5. The molecule has 1 aliphatic rings. The average Bonchev–Trinajstić information content (AvgIpc) is 2.37. The first-order chi connectivity index (χ1) is 8.69. The van der Waals surface area contributed by atoms with Crippen LogP contribution in [-0.4, -0.2) is 30.6 Å². The van der Waals surface area contributed by atoms with Crippen LogP contribution in [0.3, 0.4) is 0 Å². The topological polar surface area (TPSA) is 15.3 Å². The number of rotatable bonds is 4. The van der Waals surface area contributed by atoms with E-state index < -0.39 is 0 Å². The van der Waals surface area contributed by atoms with Gasteiger partial charge in [0.1, 0.15) is 0 Å². The summed E-state index contributed by atoms with van der Waals surface area (Å²) in [6.45, 7) is 5.79. The number of hydrogen-bond donors (Lipinski definition) is 1. The van der Waals surface area contributed by atoms with Crippen molar-refractivity contribution in [2.75, 3.05) is 25.0 Å². The van der Waals surface area contributed by atoms with Crippen molar-refractivity contribution in [3.8, 4) is 0 Å². The lowest BCUT2D eigenvalue weighted by molar-refractivity contribution is 0.219. The SMILES string of the molecule is CCCN1CCC(Nc2cc(Cl)ccc2Cl)CC1.